The molecule has 0 bridgehead atoms. The van der Waals surface area contributed by atoms with Crippen LogP contribution in [0.15, 0.2) is 18.2 Å². The summed E-state index contributed by atoms with van der Waals surface area (Å²) >= 11 is 13.1. The van der Waals surface area contributed by atoms with Gasteiger partial charge in [-0.25, -0.2) is 0 Å². The van der Waals surface area contributed by atoms with Crippen molar-refractivity contribution in [1.82, 2.24) is 0 Å². The molecule has 0 fully saturated rings. The van der Waals surface area contributed by atoms with Crippen LogP contribution < -0.4 is 0 Å². The second-order valence-electron chi connectivity index (χ2n) is 3.33. The summed E-state index contributed by atoms with van der Waals surface area (Å²) in [4.78, 5) is 0. The van der Waals surface area contributed by atoms with Crippen LogP contribution in [-0.4, -0.2) is 5.75 Å². The summed E-state index contributed by atoms with van der Waals surface area (Å²) in [5.74, 6) is 1.21. The SMILES string of the molecule is CC(CCSC#N)c1cc(Cl)cc(Cl)c1. The molecule has 0 aromatic heterocycles. The first kappa shape index (κ1) is 12.7. The fourth-order valence-corrected chi connectivity index (χ4v) is 2.41. The number of benzene rings is 1. The molecule has 4 heteroatoms. The van der Waals surface area contributed by atoms with Gasteiger partial charge in [0.05, 0.1) is 0 Å². The molecule has 1 atom stereocenters. The molecule has 0 N–H and O–H groups in total. The molecule has 0 spiro atoms. The van der Waals surface area contributed by atoms with Crippen LogP contribution in [0.5, 0.6) is 0 Å². The molecule has 0 heterocycles. The number of nitriles is 1. The molecular weight excluding hydrogens is 249 g/mol. The van der Waals surface area contributed by atoms with Crippen molar-refractivity contribution in [3.05, 3.63) is 33.8 Å². The zero-order valence-corrected chi connectivity index (χ0v) is 10.7. The van der Waals surface area contributed by atoms with Crippen molar-refractivity contribution in [3.63, 3.8) is 0 Å². The summed E-state index contributed by atoms with van der Waals surface area (Å²) in [6.07, 6.45) is 0.953. The van der Waals surface area contributed by atoms with Gasteiger partial charge in [-0.3, -0.25) is 0 Å². The average molecular weight is 260 g/mol. The first-order chi connectivity index (χ1) is 7.13. The molecule has 0 aliphatic rings. The highest BCUT2D eigenvalue weighted by Gasteiger charge is 2.07. The first-order valence-corrected chi connectivity index (χ1v) is 6.34. The Labute approximate surface area is 104 Å². The van der Waals surface area contributed by atoms with Crippen molar-refractivity contribution in [2.75, 3.05) is 5.75 Å². The number of thioether (sulfide) groups is 1. The van der Waals surface area contributed by atoms with Gasteiger partial charge < -0.3 is 0 Å². The highest BCUT2D eigenvalue weighted by molar-refractivity contribution is 8.03. The fourth-order valence-electron chi connectivity index (χ4n) is 1.31. The van der Waals surface area contributed by atoms with Crippen molar-refractivity contribution in [2.24, 2.45) is 0 Å². The van der Waals surface area contributed by atoms with Gasteiger partial charge in [-0.05, 0) is 47.9 Å². The van der Waals surface area contributed by atoms with Crippen molar-refractivity contribution in [1.29, 1.82) is 5.26 Å². The van der Waals surface area contributed by atoms with E-state index >= 15 is 0 Å². The lowest BCUT2D eigenvalue weighted by Crippen LogP contribution is -1.95. The maximum absolute atomic E-state index is 8.41. The summed E-state index contributed by atoms with van der Waals surface area (Å²) in [6, 6.07) is 5.58. The molecule has 80 valence electrons. The van der Waals surface area contributed by atoms with E-state index < -0.39 is 0 Å². The quantitative estimate of drug-likeness (QED) is 0.578. The summed E-state index contributed by atoms with van der Waals surface area (Å²) in [6.45, 7) is 2.11. The summed E-state index contributed by atoms with van der Waals surface area (Å²) in [5, 5.41) is 11.8. The van der Waals surface area contributed by atoms with E-state index in [1.165, 1.54) is 11.8 Å². The largest absolute Gasteiger partial charge is 0.185 e. The second-order valence-corrected chi connectivity index (χ2v) is 5.08. The summed E-state index contributed by atoms with van der Waals surface area (Å²) in [7, 11) is 0. The van der Waals surface area contributed by atoms with Crippen molar-refractivity contribution in [3.8, 4) is 5.40 Å². The molecular formula is C11H11Cl2NS. The third kappa shape index (κ3) is 4.34. The fraction of sp³-hybridized carbons (Fsp3) is 0.364. The van der Waals surface area contributed by atoms with E-state index in [1.54, 1.807) is 6.07 Å². The Hall–Kier alpha value is -0.360. The average Bonchev–Trinajstić information content (AvgIpc) is 2.16. The third-order valence-electron chi connectivity index (χ3n) is 2.17. The van der Waals surface area contributed by atoms with Gasteiger partial charge in [0, 0.05) is 15.8 Å². The van der Waals surface area contributed by atoms with E-state index in [4.69, 9.17) is 28.5 Å². The van der Waals surface area contributed by atoms with Crippen LogP contribution in [0, 0.1) is 10.7 Å². The maximum Gasteiger partial charge on any atom is 0.133 e. The van der Waals surface area contributed by atoms with E-state index in [0.717, 1.165) is 17.7 Å². The molecule has 0 saturated heterocycles. The van der Waals surface area contributed by atoms with E-state index in [9.17, 15) is 0 Å². The van der Waals surface area contributed by atoms with Crippen LogP contribution >= 0.6 is 35.0 Å². The van der Waals surface area contributed by atoms with Crippen LogP contribution in [-0.2, 0) is 0 Å². The van der Waals surface area contributed by atoms with Crippen molar-refractivity contribution < 1.29 is 0 Å². The van der Waals surface area contributed by atoms with Gasteiger partial charge in [-0.15, -0.1) is 0 Å². The van der Waals surface area contributed by atoms with Gasteiger partial charge in [0.15, 0.2) is 0 Å². The van der Waals surface area contributed by atoms with Crippen molar-refractivity contribution >= 4 is 35.0 Å². The number of rotatable bonds is 4. The molecule has 0 saturated carbocycles. The van der Waals surface area contributed by atoms with E-state index in [2.05, 4.69) is 12.3 Å². The number of hydrogen-bond donors (Lipinski definition) is 0. The minimum absolute atomic E-state index is 0.377. The Kier molecular flexibility index (Phi) is 5.31. The minimum Gasteiger partial charge on any atom is -0.185 e. The zero-order chi connectivity index (χ0) is 11.3. The molecule has 1 aromatic carbocycles. The second kappa shape index (κ2) is 6.27. The van der Waals surface area contributed by atoms with Gasteiger partial charge in [0.1, 0.15) is 5.40 Å². The highest BCUT2D eigenvalue weighted by Crippen LogP contribution is 2.27. The lowest BCUT2D eigenvalue weighted by atomic mass is 9.99. The smallest absolute Gasteiger partial charge is 0.133 e. The third-order valence-corrected chi connectivity index (χ3v) is 3.18. The predicted octanol–water partition coefficient (Wildman–Crippen LogP) is 4.70. The molecule has 0 radical (unpaired) electrons. The summed E-state index contributed by atoms with van der Waals surface area (Å²) < 4.78 is 0. The standard InChI is InChI=1S/C11H11Cl2NS/c1-8(2-3-15-7-14)9-4-10(12)6-11(13)5-9/h4-6,8H,2-3H2,1H3. The molecule has 0 aliphatic heterocycles. The molecule has 1 unspecified atom stereocenters. The van der Waals surface area contributed by atoms with Gasteiger partial charge in [0.25, 0.3) is 0 Å². The Balaban J connectivity index is 2.65. The van der Waals surface area contributed by atoms with Gasteiger partial charge >= 0.3 is 0 Å². The first-order valence-electron chi connectivity index (χ1n) is 4.60. The number of thiocyanates is 1. The summed E-state index contributed by atoms with van der Waals surface area (Å²) in [5.41, 5.74) is 1.13. The van der Waals surface area contributed by atoms with Gasteiger partial charge in [0.2, 0.25) is 0 Å². The molecule has 1 aromatic rings. The van der Waals surface area contributed by atoms with Gasteiger partial charge in [-0.2, -0.15) is 5.26 Å². The predicted molar refractivity (Wildman–Crippen MR) is 67.6 cm³/mol. The van der Waals surface area contributed by atoms with Crippen LogP contribution in [0.4, 0.5) is 0 Å². The highest BCUT2D eigenvalue weighted by atomic mass is 35.5. The number of nitrogens with zero attached hydrogens (tertiary/aromatic N) is 1. The zero-order valence-electron chi connectivity index (χ0n) is 8.34. The van der Waals surface area contributed by atoms with E-state index in [-0.39, 0.29) is 0 Å². The molecule has 1 nitrogen and oxygen atoms in total. The Morgan fingerprint density at radius 2 is 1.93 bits per heavy atom. The minimum atomic E-state index is 0.377. The monoisotopic (exact) mass is 259 g/mol. The number of hydrogen-bond acceptors (Lipinski definition) is 2. The maximum atomic E-state index is 8.41. The number of halogens is 2. The Morgan fingerprint density at radius 1 is 1.33 bits per heavy atom. The molecule has 0 amide bonds. The topological polar surface area (TPSA) is 23.8 Å². The normalized spacial score (nSPS) is 12.1. The lowest BCUT2D eigenvalue weighted by molar-refractivity contribution is 0.742. The van der Waals surface area contributed by atoms with Crippen LogP contribution in [0.25, 0.3) is 0 Å². The van der Waals surface area contributed by atoms with E-state index in [1.807, 2.05) is 12.1 Å². The Bertz CT molecular complexity index is 353. The lowest BCUT2D eigenvalue weighted by Gasteiger charge is -2.11. The van der Waals surface area contributed by atoms with Crippen LogP contribution in [0.2, 0.25) is 10.0 Å². The van der Waals surface area contributed by atoms with Crippen LogP contribution in [0.1, 0.15) is 24.8 Å². The van der Waals surface area contributed by atoms with Crippen molar-refractivity contribution in [2.45, 2.75) is 19.3 Å². The molecule has 0 aliphatic carbocycles. The van der Waals surface area contributed by atoms with E-state index in [0.29, 0.717) is 16.0 Å². The Morgan fingerprint density at radius 3 is 2.47 bits per heavy atom. The van der Waals surface area contributed by atoms with Gasteiger partial charge in [-0.1, -0.05) is 30.1 Å². The van der Waals surface area contributed by atoms with Crippen LogP contribution in [0.3, 0.4) is 0 Å². The molecule has 1 rings (SSSR count). The molecule has 15 heavy (non-hydrogen) atoms.